The summed E-state index contributed by atoms with van der Waals surface area (Å²) in [5.41, 5.74) is -0.474. The van der Waals surface area contributed by atoms with Gasteiger partial charge in [-0.3, -0.25) is 4.79 Å². The number of aromatic hydroxyl groups is 1. The van der Waals surface area contributed by atoms with Gasteiger partial charge in [0.2, 0.25) is 0 Å². The zero-order valence-electron chi connectivity index (χ0n) is 10.2. The van der Waals surface area contributed by atoms with Crippen molar-refractivity contribution in [2.75, 3.05) is 13.1 Å². The van der Waals surface area contributed by atoms with Crippen LogP contribution in [0.3, 0.4) is 0 Å². The molecule has 19 heavy (non-hydrogen) atoms. The van der Waals surface area contributed by atoms with Gasteiger partial charge in [0.15, 0.2) is 0 Å². The summed E-state index contributed by atoms with van der Waals surface area (Å²) in [5, 5.41) is 9.43. The first-order valence-corrected chi connectivity index (χ1v) is 5.59. The van der Waals surface area contributed by atoms with Crippen molar-refractivity contribution in [1.29, 1.82) is 0 Å². The van der Waals surface area contributed by atoms with Crippen LogP contribution in [-0.4, -0.2) is 35.2 Å². The van der Waals surface area contributed by atoms with Crippen LogP contribution in [0.5, 0.6) is 5.75 Å². The molecule has 0 unspecified atom stereocenters. The Hall–Kier alpha value is -1.79. The molecule has 3 nitrogen and oxygen atoms in total. The summed E-state index contributed by atoms with van der Waals surface area (Å²) in [6.07, 6.45) is -4.23. The minimum Gasteiger partial charge on any atom is -0.507 e. The zero-order valence-corrected chi connectivity index (χ0v) is 10.2. The Labute approximate surface area is 107 Å². The van der Waals surface area contributed by atoms with Crippen LogP contribution < -0.4 is 0 Å². The van der Waals surface area contributed by atoms with Crippen molar-refractivity contribution in [2.24, 2.45) is 0 Å². The van der Waals surface area contributed by atoms with Gasteiger partial charge in [-0.25, -0.2) is 4.39 Å². The maximum absolute atomic E-state index is 13.0. The zero-order chi connectivity index (χ0) is 14.6. The Morgan fingerprint density at radius 3 is 2.53 bits per heavy atom. The third-order valence-electron chi connectivity index (χ3n) is 2.34. The Morgan fingerprint density at radius 2 is 2.00 bits per heavy atom. The van der Waals surface area contributed by atoms with Crippen molar-refractivity contribution >= 4 is 5.91 Å². The second-order valence-corrected chi connectivity index (χ2v) is 4.00. The quantitative estimate of drug-likeness (QED) is 0.861. The highest BCUT2D eigenvalue weighted by Gasteiger charge is 2.33. The first-order valence-electron chi connectivity index (χ1n) is 5.59. The summed E-state index contributed by atoms with van der Waals surface area (Å²) < 4.78 is 50.1. The molecule has 0 spiro atoms. The van der Waals surface area contributed by atoms with Crippen molar-refractivity contribution in [2.45, 2.75) is 19.5 Å². The molecule has 0 heterocycles. The summed E-state index contributed by atoms with van der Waals surface area (Å²) in [4.78, 5) is 12.4. The second-order valence-electron chi connectivity index (χ2n) is 4.00. The monoisotopic (exact) mass is 279 g/mol. The van der Waals surface area contributed by atoms with E-state index in [1.807, 2.05) is 0 Å². The number of carbonyl (C=O) groups is 1. The van der Waals surface area contributed by atoms with Crippen molar-refractivity contribution in [1.82, 2.24) is 4.90 Å². The Kier molecular flexibility index (Phi) is 4.74. The van der Waals surface area contributed by atoms with Gasteiger partial charge in [0, 0.05) is 6.54 Å². The van der Waals surface area contributed by atoms with E-state index in [1.54, 1.807) is 6.92 Å². The highest BCUT2D eigenvalue weighted by molar-refractivity contribution is 5.96. The topological polar surface area (TPSA) is 40.5 Å². The number of phenolic OH excluding ortho intramolecular Hbond substituents is 1. The van der Waals surface area contributed by atoms with Gasteiger partial charge in [0.05, 0.1) is 5.56 Å². The van der Waals surface area contributed by atoms with E-state index in [4.69, 9.17) is 0 Å². The fourth-order valence-electron chi connectivity index (χ4n) is 1.59. The van der Waals surface area contributed by atoms with E-state index in [-0.39, 0.29) is 6.54 Å². The lowest BCUT2D eigenvalue weighted by Crippen LogP contribution is -2.39. The molecule has 106 valence electrons. The van der Waals surface area contributed by atoms with Gasteiger partial charge in [-0.2, -0.15) is 13.2 Å². The van der Waals surface area contributed by atoms with E-state index in [0.29, 0.717) is 11.3 Å². The van der Waals surface area contributed by atoms with Crippen molar-refractivity contribution < 1.29 is 27.5 Å². The molecule has 0 saturated heterocycles. The molecule has 0 aromatic heterocycles. The van der Waals surface area contributed by atoms with Crippen LogP contribution >= 0.6 is 0 Å². The van der Waals surface area contributed by atoms with E-state index >= 15 is 0 Å². The average Bonchev–Trinajstić information content (AvgIpc) is 2.29. The number of phenols is 1. The summed E-state index contributed by atoms with van der Waals surface area (Å²) in [6.45, 7) is 0.0476. The number of benzene rings is 1. The minimum absolute atomic E-state index is 0.131. The van der Waals surface area contributed by atoms with Crippen LogP contribution in [0, 0.1) is 5.82 Å². The van der Waals surface area contributed by atoms with E-state index in [9.17, 15) is 27.5 Å². The molecular weight excluding hydrogens is 266 g/mol. The third kappa shape index (κ3) is 4.42. The largest absolute Gasteiger partial charge is 0.507 e. The molecule has 0 aliphatic rings. The lowest BCUT2D eigenvalue weighted by molar-refractivity contribution is -0.140. The lowest BCUT2D eigenvalue weighted by Gasteiger charge is -2.23. The molecule has 0 fully saturated rings. The van der Waals surface area contributed by atoms with Crippen molar-refractivity contribution in [3.8, 4) is 5.75 Å². The predicted molar refractivity (Wildman–Crippen MR) is 60.3 cm³/mol. The molecule has 0 aliphatic carbocycles. The Morgan fingerprint density at radius 1 is 1.37 bits per heavy atom. The SMILES string of the molecule is CCCN(CC(F)(F)F)C(=O)c1cc(F)ccc1O. The molecular formula is C12H13F4NO2. The number of carbonyl (C=O) groups excluding carboxylic acids is 1. The van der Waals surface area contributed by atoms with Gasteiger partial charge in [-0.05, 0) is 24.6 Å². The van der Waals surface area contributed by atoms with Gasteiger partial charge < -0.3 is 10.0 Å². The number of halogens is 4. The summed E-state index contributed by atoms with van der Waals surface area (Å²) in [7, 11) is 0. The molecule has 0 radical (unpaired) electrons. The molecule has 7 heteroatoms. The van der Waals surface area contributed by atoms with Gasteiger partial charge in [-0.1, -0.05) is 6.92 Å². The summed E-state index contributed by atoms with van der Waals surface area (Å²) in [5.74, 6) is -2.39. The smallest absolute Gasteiger partial charge is 0.406 e. The number of hydrogen-bond acceptors (Lipinski definition) is 2. The Balaban J connectivity index is 3.02. The summed E-state index contributed by atoms with van der Waals surface area (Å²) >= 11 is 0. The molecule has 0 bridgehead atoms. The number of nitrogens with zero attached hydrogens (tertiary/aromatic N) is 1. The van der Waals surface area contributed by atoms with Crippen LogP contribution in [0.1, 0.15) is 23.7 Å². The minimum atomic E-state index is -4.55. The molecule has 1 aromatic rings. The van der Waals surface area contributed by atoms with Crippen LogP contribution in [0.15, 0.2) is 18.2 Å². The highest BCUT2D eigenvalue weighted by atomic mass is 19.4. The van der Waals surface area contributed by atoms with Gasteiger partial charge in [0.25, 0.3) is 5.91 Å². The van der Waals surface area contributed by atoms with E-state index < -0.39 is 35.8 Å². The predicted octanol–water partition coefficient (Wildman–Crippen LogP) is 2.95. The second kappa shape index (κ2) is 5.90. The lowest BCUT2D eigenvalue weighted by atomic mass is 10.1. The Bertz CT molecular complexity index is 460. The molecule has 1 rings (SSSR count). The van der Waals surface area contributed by atoms with E-state index in [2.05, 4.69) is 0 Å². The van der Waals surface area contributed by atoms with Gasteiger partial charge in [0.1, 0.15) is 18.1 Å². The molecule has 1 N–H and O–H groups in total. The van der Waals surface area contributed by atoms with Crippen molar-refractivity contribution in [3.05, 3.63) is 29.6 Å². The van der Waals surface area contributed by atoms with Crippen LogP contribution in [-0.2, 0) is 0 Å². The molecule has 1 amide bonds. The number of hydrogen-bond donors (Lipinski definition) is 1. The van der Waals surface area contributed by atoms with E-state index in [0.717, 1.165) is 18.2 Å². The standard InChI is InChI=1S/C12H13F4NO2/c1-2-5-17(7-12(14,15)16)11(19)9-6-8(13)3-4-10(9)18/h3-4,6,18H,2,5,7H2,1H3. The first kappa shape index (κ1) is 15.3. The average molecular weight is 279 g/mol. The fourth-order valence-corrected chi connectivity index (χ4v) is 1.59. The van der Waals surface area contributed by atoms with Gasteiger partial charge in [-0.15, -0.1) is 0 Å². The molecule has 0 aliphatic heterocycles. The fraction of sp³-hybridized carbons (Fsp3) is 0.417. The highest BCUT2D eigenvalue weighted by Crippen LogP contribution is 2.23. The van der Waals surface area contributed by atoms with Gasteiger partial charge >= 0.3 is 6.18 Å². The summed E-state index contributed by atoms with van der Waals surface area (Å²) in [6, 6.07) is 2.57. The number of alkyl halides is 3. The maximum atomic E-state index is 13.0. The van der Waals surface area contributed by atoms with E-state index in [1.165, 1.54) is 0 Å². The maximum Gasteiger partial charge on any atom is 0.406 e. The molecule has 1 aromatic carbocycles. The van der Waals surface area contributed by atoms with Crippen LogP contribution in [0.2, 0.25) is 0 Å². The third-order valence-corrected chi connectivity index (χ3v) is 2.34. The molecule has 0 saturated carbocycles. The first-order chi connectivity index (χ1) is 8.74. The normalized spacial score (nSPS) is 11.4. The number of amides is 1. The van der Waals surface area contributed by atoms with Crippen LogP contribution in [0.25, 0.3) is 0 Å². The van der Waals surface area contributed by atoms with Crippen LogP contribution in [0.4, 0.5) is 17.6 Å². The number of rotatable bonds is 4. The van der Waals surface area contributed by atoms with Crippen molar-refractivity contribution in [3.63, 3.8) is 0 Å². The molecule has 0 atom stereocenters.